The molecule has 0 aliphatic carbocycles. The molecule has 0 spiro atoms. The molecule has 3 N–H and O–H groups in total. The minimum atomic E-state index is -1.02. The number of hydrogen-bond donors (Lipinski definition) is 2. The lowest BCUT2D eigenvalue weighted by molar-refractivity contribution is 0.0697. The molecule has 1 rings (SSSR count). The average molecular weight is 225 g/mol. The fourth-order valence-electron chi connectivity index (χ4n) is 1.20. The Morgan fingerprint density at radius 1 is 1.62 bits per heavy atom. The maximum atomic E-state index is 10.8. The van der Waals surface area contributed by atoms with Crippen LogP contribution < -0.4 is 10.6 Å². The summed E-state index contributed by atoms with van der Waals surface area (Å²) in [6, 6.07) is 2.81. The number of nitrogens with two attached hydrogens (primary N) is 1. The number of aromatic nitrogens is 1. The van der Waals surface area contributed by atoms with E-state index >= 15 is 0 Å². The third-order valence-corrected chi connectivity index (χ3v) is 2.10. The number of carboxylic acids is 1. The summed E-state index contributed by atoms with van der Waals surface area (Å²) in [5.74, 6) is -0.302. The molecule has 0 bridgehead atoms. The molecule has 6 heteroatoms. The molecule has 0 amide bonds. The molecule has 1 heterocycles. The third kappa shape index (κ3) is 3.09. The second kappa shape index (κ2) is 5.32. The number of aromatic carboxylic acids is 1. The lowest BCUT2D eigenvalue weighted by Gasteiger charge is -2.18. The van der Waals surface area contributed by atoms with Gasteiger partial charge < -0.3 is 20.5 Å². The van der Waals surface area contributed by atoms with Crippen LogP contribution in [0.1, 0.15) is 10.4 Å². The molecular formula is C10H15N3O3. The molecule has 0 aliphatic heterocycles. The number of carboxylic acid groups (broad SMARTS) is 1. The Kier molecular flexibility index (Phi) is 4.07. The van der Waals surface area contributed by atoms with E-state index in [1.54, 1.807) is 19.1 Å². The van der Waals surface area contributed by atoms with Crippen LogP contribution in [0.5, 0.6) is 0 Å². The van der Waals surface area contributed by atoms with E-state index in [4.69, 9.17) is 15.6 Å². The number of ether oxygens (including phenoxy) is 1. The number of nitrogens with zero attached hydrogens (tertiary/aromatic N) is 2. The molecule has 0 saturated carbocycles. The van der Waals surface area contributed by atoms with Crippen molar-refractivity contribution in [3.63, 3.8) is 0 Å². The van der Waals surface area contributed by atoms with Crippen LogP contribution in [0.2, 0.25) is 0 Å². The van der Waals surface area contributed by atoms with E-state index in [0.717, 1.165) is 0 Å². The summed E-state index contributed by atoms with van der Waals surface area (Å²) in [5, 5.41) is 8.87. The van der Waals surface area contributed by atoms with Crippen LogP contribution in [-0.4, -0.2) is 43.4 Å². The second-order valence-electron chi connectivity index (χ2n) is 3.36. The van der Waals surface area contributed by atoms with Crippen molar-refractivity contribution >= 4 is 17.6 Å². The lowest BCUT2D eigenvalue weighted by Crippen LogP contribution is -2.23. The van der Waals surface area contributed by atoms with E-state index in [1.807, 2.05) is 0 Å². The van der Waals surface area contributed by atoms with Gasteiger partial charge in [-0.2, -0.15) is 0 Å². The molecule has 0 radical (unpaired) electrons. The van der Waals surface area contributed by atoms with Crippen LogP contribution in [-0.2, 0) is 4.74 Å². The Balaban J connectivity index is 2.91. The summed E-state index contributed by atoms with van der Waals surface area (Å²) in [5.41, 5.74) is 5.66. The van der Waals surface area contributed by atoms with Gasteiger partial charge in [-0.15, -0.1) is 0 Å². The summed E-state index contributed by atoms with van der Waals surface area (Å²) in [6.07, 6.45) is 0. The maximum absolute atomic E-state index is 10.8. The Morgan fingerprint density at radius 3 is 2.88 bits per heavy atom. The zero-order valence-electron chi connectivity index (χ0n) is 9.30. The number of pyridine rings is 1. The van der Waals surface area contributed by atoms with Crippen molar-refractivity contribution in [1.82, 2.24) is 4.98 Å². The SMILES string of the molecule is COCCN(C)c1cc(C(=O)O)cc(N)n1. The van der Waals surface area contributed by atoms with Gasteiger partial charge in [-0.3, -0.25) is 0 Å². The first-order valence-corrected chi connectivity index (χ1v) is 4.75. The maximum Gasteiger partial charge on any atom is 0.335 e. The van der Waals surface area contributed by atoms with Crippen LogP contribution in [0.15, 0.2) is 12.1 Å². The number of anilines is 2. The van der Waals surface area contributed by atoms with Crippen molar-refractivity contribution in [3.8, 4) is 0 Å². The van der Waals surface area contributed by atoms with Gasteiger partial charge in [0.2, 0.25) is 0 Å². The first-order valence-electron chi connectivity index (χ1n) is 4.75. The van der Waals surface area contributed by atoms with Crippen molar-refractivity contribution in [2.45, 2.75) is 0 Å². The highest BCUT2D eigenvalue weighted by Gasteiger charge is 2.09. The van der Waals surface area contributed by atoms with Crippen molar-refractivity contribution in [2.75, 3.05) is 37.9 Å². The van der Waals surface area contributed by atoms with Crippen molar-refractivity contribution in [3.05, 3.63) is 17.7 Å². The summed E-state index contributed by atoms with van der Waals surface area (Å²) in [6.45, 7) is 1.15. The van der Waals surface area contributed by atoms with Gasteiger partial charge in [0.15, 0.2) is 0 Å². The van der Waals surface area contributed by atoms with Crippen molar-refractivity contribution in [2.24, 2.45) is 0 Å². The van der Waals surface area contributed by atoms with Crippen molar-refractivity contribution < 1.29 is 14.6 Å². The normalized spacial score (nSPS) is 10.1. The molecule has 0 unspecified atom stereocenters. The Hall–Kier alpha value is -1.82. The fourth-order valence-corrected chi connectivity index (χ4v) is 1.20. The second-order valence-corrected chi connectivity index (χ2v) is 3.36. The summed E-state index contributed by atoms with van der Waals surface area (Å²) in [4.78, 5) is 16.7. The molecule has 0 atom stereocenters. The van der Waals surface area contributed by atoms with Crippen LogP contribution in [0.25, 0.3) is 0 Å². The van der Waals surface area contributed by atoms with Crippen molar-refractivity contribution in [1.29, 1.82) is 0 Å². The molecule has 0 fully saturated rings. The topological polar surface area (TPSA) is 88.7 Å². The fraction of sp³-hybridized carbons (Fsp3) is 0.400. The number of hydrogen-bond acceptors (Lipinski definition) is 5. The smallest absolute Gasteiger partial charge is 0.335 e. The first kappa shape index (κ1) is 12.3. The summed E-state index contributed by atoms with van der Waals surface area (Å²) >= 11 is 0. The number of nitrogen functional groups attached to an aromatic ring is 1. The van der Waals surface area contributed by atoms with Gasteiger partial charge in [-0.1, -0.05) is 0 Å². The first-order chi connectivity index (χ1) is 7.54. The highest BCUT2D eigenvalue weighted by Crippen LogP contribution is 2.15. The minimum Gasteiger partial charge on any atom is -0.478 e. The third-order valence-electron chi connectivity index (χ3n) is 2.10. The monoisotopic (exact) mass is 225 g/mol. The van der Waals surface area contributed by atoms with E-state index in [-0.39, 0.29) is 11.4 Å². The molecule has 6 nitrogen and oxygen atoms in total. The Morgan fingerprint density at radius 2 is 2.31 bits per heavy atom. The predicted molar refractivity (Wildman–Crippen MR) is 60.8 cm³/mol. The average Bonchev–Trinajstić information content (AvgIpc) is 2.24. The predicted octanol–water partition coefficient (Wildman–Crippen LogP) is 0.445. The van der Waals surface area contributed by atoms with Gasteiger partial charge in [-0.25, -0.2) is 9.78 Å². The summed E-state index contributed by atoms with van der Waals surface area (Å²) < 4.78 is 4.92. The molecule has 1 aromatic rings. The van der Waals surface area contributed by atoms with Gasteiger partial charge >= 0.3 is 5.97 Å². The van der Waals surface area contributed by atoms with Gasteiger partial charge in [0.25, 0.3) is 0 Å². The zero-order valence-corrected chi connectivity index (χ0v) is 9.30. The van der Waals surface area contributed by atoms with Gasteiger partial charge in [0, 0.05) is 20.7 Å². The molecule has 1 aromatic heterocycles. The van der Waals surface area contributed by atoms with E-state index in [0.29, 0.717) is 19.0 Å². The molecular weight excluding hydrogens is 210 g/mol. The quantitative estimate of drug-likeness (QED) is 0.756. The Bertz CT molecular complexity index is 382. The molecule has 16 heavy (non-hydrogen) atoms. The summed E-state index contributed by atoms with van der Waals surface area (Å²) in [7, 11) is 3.40. The molecule has 88 valence electrons. The molecule has 0 aromatic carbocycles. The van der Waals surface area contributed by atoms with Crippen LogP contribution in [0.4, 0.5) is 11.6 Å². The number of methoxy groups -OCH3 is 1. The zero-order chi connectivity index (χ0) is 12.1. The Labute approximate surface area is 93.6 Å². The van der Waals surface area contributed by atoms with Gasteiger partial charge in [-0.05, 0) is 12.1 Å². The lowest BCUT2D eigenvalue weighted by atomic mass is 10.2. The van der Waals surface area contributed by atoms with Gasteiger partial charge in [0.1, 0.15) is 11.6 Å². The van der Waals surface area contributed by atoms with Gasteiger partial charge in [0.05, 0.1) is 12.2 Å². The van der Waals surface area contributed by atoms with Crippen LogP contribution >= 0.6 is 0 Å². The van der Waals surface area contributed by atoms with Crippen LogP contribution in [0, 0.1) is 0 Å². The van der Waals surface area contributed by atoms with E-state index in [9.17, 15) is 4.79 Å². The standard InChI is InChI=1S/C10H15N3O3/c1-13(3-4-16-2)9-6-7(10(14)15)5-8(11)12-9/h5-6H,3-4H2,1-2H3,(H2,11,12)(H,14,15). The number of rotatable bonds is 5. The van der Waals surface area contributed by atoms with Crippen LogP contribution in [0.3, 0.4) is 0 Å². The van der Waals surface area contributed by atoms with E-state index < -0.39 is 5.97 Å². The highest BCUT2D eigenvalue weighted by molar-refractivity contribution is 5.89. The molecule has 0 aliphatic rings. The minimum absolute atomic E-state index is 0.131. The van der Waals surface area contributed by atoms with E-state index in [2.05, 4.69) is 4.98 Å². The highest BCUT2D eigenvalue weighted by atomic mass is 16.5. The number of likely N-dealkylation sites (N-methyl/N-ethyl adjacent to an activating group) is 1. The number of carbonyl (C=O) groups is 1. The van der Waals surface area contributed by atoms with E-state index in [1.165, 1.54) is 12.1 Å². The largest absolute Gasteiger partial charge is 0.478 e. The molecule has 0 saturated heterocycles.